The van der Waals surface area contributed by atoms with E-state index in [1.54, 1.807) is 30.7 Å². The molecule has 0 radical (unpaired) electrons. The summed E-state index contributed by atoms with van der Waals surface area (Å²) in [5.74, 6) is 1.00. The molecule has 1 fully saturated rings. The second-order valence-electron chi connectivity index (χ2n) is 7.54. The number of methoxy groups -OCH3 is 1. The van der Waals surface area contributed by atoms with Gasteiger partial charge in [-0.1, -0.05) is 6.07 Å². The van der Waals surface area contributed by atoms with Gasteiger partial charge in [0.15, 0.2) is 0 Å². The number of nitrogens with zero attached hydrogens (tertiary/aromatic N) is 3. The van der Waals surface area contributed by atoms with Crippen molar-refractivity contribution >= 4 is 23.0 Å². The number of anilines is 2. The maximum absolute atomic E-state index is 10.6. The number of rotatable bonds is 9. The summed E-state index contributed by atoms with van der Waals surface area (Å²) in [6.45, 7) is 3.24. The number of nitrogens with one attached hydrogen (secondary N) is 1. The second kappa shape index (κ2) is 9.07. The number of thiazole rings is 1. The minimum Gasteiger partial charge on any atom is -0.477 e. The Morgan fingerprint density at radius 2 is 2.07 bits per heavy atom. The first kappa shape index (κ1) is 20.7. The molecule has 0 atom stereocenters. The maximum atomic E-state index is 10.6. The molecule has 0 spiro atoms. The number of ether oxygens (including phenoxy) is 2. The van der Waals surface area contributed by atoms with Gasteiger partial charge in [0, 0.05) is 44.3 Å². The third kappa shape index (κ3) is 4.77. The van der Waals surface area contributed by atoms with E-state index in [0.717, 1.165) is 52.4 Å². The maximum Gasteiger partial charge on any atom is 0.230 e. The van der Waals surface area contributed by atoms with Gasteiger partial charge in [-0.05, 0) is 49.4 Å². The Morgan fingerprint density at radius 1 is 1.20 bits per heavy atom. The highest BCUT2D eigenvalue weighted by molar-refractivity contribution is 7.15. The van der Waals surface area contributed by atoms with Crippen LogP contribution in [0, 0.1) is 6.92 Å². The van der Waals surface area contributed by atoms with Crippen LogP contribution in [0.5, 0.6) is 5.88 Å². The molecule has 0 amide bonds. The van der Waals surface area contributed by atoms with Crippen molar-refractivity contribution < 1.29 is 14.6 Å². The van der Waals surface area contributed by atoms with Crippen molar-refractivity contribution in [3.05, 3.63) is 47.2 Å². The molecule has 7 nitrogen and oxygen atoms in total. The molecule has 1 saturated carbocycles. The van der Waals surface area contributed by atoms with Crippen LogP contribution in [0.4, 0.5) is 11.6 Å². The zero-order chi connectivity index (χ0) is 21.0. The van der Waals surface area contributed by atoms with Gasteiger partial charge >= 0.3 is 0 Å². The van der Waals surface area contributed by atoms with Gasteiger partial charge in [0.2, 0.25) is 11.8 Å². The number of benzene rings is 1. The van der Waals surface area contributed by atoms with Crippen LogP contribution in [-0.4, -0.2) is 40.4 Å². The van der Waals surface area contributed by atoms with Gasteiger partial charge in [0.1, 0.15) is 10.6 Å². The van der Waals surface area contributed by atoms with Crippen molar-refractivity contribution in [3.63, 3.8) is 0 Å². The first-order valence-corrected chi connectivity index (χ1v) is 10.9. The number of hydrogen-bond donors (Lipinski definition) is 2. The largest absolute Gasteiger partial charge is 0.477 e. The molecule has 2 N–H and O–H groups in total. The highest BCUT2D eigenvalue weighted by Crippen LogP contribution is 2.44. The van der Waals surface area contributed by atoms with E-state index in [1.165, 1.54) is 0 Å². The predicted molar refractivity (Wildman–Crippen MR) is 117 cm³/mol. The molecule has 1 aliphatic rings. The molecule has 2 heterocycles. The van der Waals surface area contributed by atoms with Gasteiger partial charge < -0.3 is 19.9 Å². The van der Waals surface area contributed by atoms with Crippen molar-refractivity contribution in [1.29, 1.82) is 0 Å². The fourth-order valence-corrected chi connectivity index (χ4v) is 4.39. The van der Waals surface area contributed by atoms with Gasteiger partial charge in [-0.15, -0.1) is 11.3 Å². The number of aryl methyl sites for hydroxylation is 1. The molecule has 1 aliphatic carbocycles. The zero-order valence-corrected chi connectivity index (χ0v) is 18.0. The van der Waals surface area contributed by atoms with Gasteiger partial charge in [-0.25, -0.2) is 9.97 Å². The van der Waals surface area contributed by atoms with Gasteiger partial charge in [-0.3, -0.25) is 0 Å². The topological polar surface area (TPSA) is 89.4 Å². The zero-order valence-electron chi connectivity index (χ0n) is 17.2. The molecule has 30 heavy (non-hydrogen) atoms. The van der Waals surface area contributed by atoms with Crippen LogP contribution in [0.1, 0.15) is 36.3 Å². The minimum absolute atomic E-state index is 0.476. The Balaban J connectivity index is 1.49. The monoisotopic (exact) mass is 426 g/mol. The first-order chi connectivity index (χ1) is 14.6. The lowest BCUT2D eigenvalue weighted by molar-refractivity contribution is -0.0389. The van der Waals surface area contributed by atoms with E-state index >= 15 is 0 Å². The van der Waals surface area contributed by atoms with E-state index in [1.807, 2.05) is 25.3 Å². The normalized spacial score (nSPS) is 14.9. The SMILES string of the molecule is COCCCOc1ccnc(Nc2cc(C)cc(-c3cnc(C4(O)CCC4)s3)c2)n1. The number of aliphatic hydroxyl groups is 1. The third-order valence-corrected chi connectivity index (χ3v) is 6.32. The van der Waals surface area contributed by atoms with Crippen molar-refractivity contribution in [3.8, 4) is 16.3 Å². The Hall–Kier alpha value is -2.55. The highest BCUT2D eigenvalue weighted by atomic mass is 32.1. The Morgan fingerprint density at radius 3 is 2.83 bits per heavy atom. The first-order valence-electron chi connectivity index (χ1n) is 10.1. The lowest BCUT2D eigenvalue weighted by atomic mass is 9.81. The van der Waals surface area contributed by atoms with E-state index in [0.29, 0.717) is 25.0 Å². The van der Waals surface area contributed by atoms with Crippen molar-refractivity contribution in [2.75, 3.05) is 25.6 Å². The molecule has 4 rings (SSSR count). The van der Waals surface area contributed by atoms with Crippen LogP contribution in [-0.2, 0) is 10.3 Å². The van der Waals surface area contributed by atoms with E-state index in [2.05, 4.69) is 26.3 Å². The Kier molecular flexibility index (Phi) is 6.26. The van der Waals surface area contributed by atoms with Crippen LogP contribution < -0.4 is 10.1 Å². The standard InChI is InChI=1S/C22H26N4O3S/c1-15-11-16(18-14-24-20(30-18)22(27)6-3-7-22)13-17(12-15)25-21-23-8-5-19(26-21)29-10-4-9-28-2/h5,8,11-14,27H,3-4,6-7,9-10H2,1-2H3,(H,23,25,26). The van der Waals surface area contributed by atoms with Crippen molar-refractivity contribution in [2.45, 2.75) is 38.2 Å². The number of hydrogen-bond acceptors (Lipinski definition) is 8. The summed E-state index contributed by atoms with van der Waals surface area (Å²) >= 11 is 1.56. The molecule has 1 aromatic carbocycles. The summed E-state index contributed by atoms with van der Waals surface area (Å²) in [5.41, 5.74) is 2.32. The molecule has 158 valence electrons. The highest BCUT2D eigenvalue weighted by Gasteiger charge is 2.39. The molecule has 0 unspecified atom stereocenters. The fourth-order valence-electron chi connectivity index (χ4n) is 3.34. The fraction of sp³-hybridized carbons (Fsp3) is 0.409. The summed E-state index contributed by atoms with van der Waals surface area (Å²) in [7, 11) is 1.67. The van der Waals surface area contributed by atoms with E-state index in [4.69, 9.17) is 9.47 Å². The van der Waals surface area contributed by atoms with Gasteiger partial charge in [0.05, 0.1) is 11.5 Å². The molecule has 0 saturated heterocycles. The van der Waals surface area contributed by atoms with Crippen molar-refractivity contribution in [1.82, 2.24) is 15.0 Å². The molecular weight excluding hydrogens is 400 g/mol. The van der Waals surface area contributed by atoms with Crippen LogP contribution >= 0.6 is 11.3 Å². The van der Waals surface area contributed by atoms with Crippen LogP contribution in [0.15, 0.2) is 36.7 Å². The summed E-state index contributed by atoms with van der Waals surface area (Å²) in [6, 6.07) is 7.94. The van der Waals surface area contributed by atoms with Crippen molar-refractivity contribution in [2.24, 2.45) is 0 Å². The summed E-state index contributed by atoms with van der Waals surface area (Å²) in [6.07, 6.45) is 6.96. The molecule has 0 bridgehead atoms. The average molecular weight is 427 g/mol. The second-order valence-corrected chi connectivity index (χ2v) is 8.57. The summed E-state index contributed by atoms with van der Waals surface area (Å²) in [4.78, 5) is 14.2. The summed E-state index contributed by atoms with van der Waals surface area (Å²) < 4.78 is 10.7. The van der Waals surface area contributed by atoms with Crippen LogP contribution in [0.2, 0.25) is 0 Å². The average Bonchev–Trinajstić information content (AvgIpc) is 3.20. The smallest absolute Gasteiger partial charge is 0.230 e. The van der Waals surface area contributed by atoms with E-state index in [9.17, 15) is 5.11 Å². The number of aromatic nitrogens is 3. The molecule has 2 aromatic heterocycles. The lowest BCUT2D eigenvalue weighted by Gasteiger charge is -2.34. The lowest BCUT2D eigenvalue weighted by Crippen LogP contribution is -2.33. The van der Waals surface area contributed by atoms with Crippen LogP contribution in [0.3, 0.4) is 0 Å². The predicted octanol–water partition coefficient (Wildman–Crippen LogP) is 4.44. The van der Waals surface area contributed by atoms with Gasteiger partial charge in [0.25, 0.3) is 0 Å². The van der Waals surface area contributed by atoms with E-state index < -0.39 is 5.60 Å². The Labute approximate surface area is 180 Å². The quantitative estimate of drug-likeness (QED) is 0.489. The van der Waals surface area contributed by atoms with Crippen LogP contribution in [0.25, 0.3) is 10.4 Å². The van der Waals surface area contributed by atoms with E-state index in [-0.39, 0.29) is 0 Å². The molecule has 3 aromatic rings. The summed E-state index contributed by atoms with van der Waals surface area (Å²) in [5, 5.41) is 14.6. The molecule has 0 aliphatic heterocycles. The minimum atomic E-state index is -0.731. The molecule has 8 heteroatoms. The third-order valence-electron chi connectivity index (χ3n) is 5.08. The molecular formula is C22H26N4O3S. The Bertz CT molecular complexity index is 1000. The van der Waals surface area contributed by atoms with Gasteiger partial charge in [-0.2, -0.15) is 4.98 Å².